The van der Waals surface area contributed by atoms with Crippen molar-refractivity contribution >= 4 is 46.6 Å². The molecule has 0 bridgehead atoms. The van der Waals surface area contributed by atoms with Crippen molar-refractivity contribution in [2.24, 2.45) is 5.41 Å². The maximum atomic E-state index is 15.7. The van der Waals surface area contributed by atoms with E-state index in [1.165, 1.54) is 12.1 Å². The number of benzene rings is 3. The number of nitrogens with one attached hydrogen (secondary N) is 2. The van der Waals surface area contributed by atoms with E-state index in [4.69, 9.17) is 23.2 Å². The lowest BCUT2D eigenvalue weighted by Crippen LogP contribution is -2.44. The number of amides is 1. The molecule has 38 heavy (non-hydrogen) atoms. The van der Waals surface area contributed by atoms with E-state index in [-0.39, 0.29) is 33.0 Å². The molecule has 0 saturated carbocycles. The van der Waals surface area contributed by atoms with Crippen molar-refractivity contribution in [1.29, 1.82) is 0 Å². The Kier molecular flexibility index (Phi) is 8.49. The summed E-state index contributed by atoms with van der Waals surface area (Å²) in [6.45, 7) is 8.16. The van der Waals surface area contributed by atoms with Crippen molar-refractivity contribution in [3.8, 4) is 0 Å². The van der Waals surface area contributed by atoms with Crippen LogP contribution in [0.15, 0.2) is 65.6 Å². The second-order valence-electron chi connectivity index (χ2n) is 11.2. The highest BCUT2D eigenvalue weighted by Crippen LogP contribution is 2.52. The van der Waals surface area contributed by atoms with Crippen LogP contribution >= 0.6 is 35.0 Å². The first kappa shape index (κ1) is 28.9. The summed E-state index contributed by atoms with van der Waals surface area (Å²) in [6.07, 6.45) is 2.59. The molecule has 0 spiro atoms. The predicted octanol–water partition coefficient (Wildman–Crippen LogP) is 8.45. The number of hydrogen-bond donors (Lipinski definition) is 2. The number of halogens is 4. The van der Waals surface area contributed by atoms with Crippen molar-refractivity contribution in [1.82, 2.24) is 5.32 Å². The minimum atomic E-state index is -1.02. The van der Waals surface area contributed by atoms with Crippen LogP contribution in [0.5, 0.6) is 0 Å². The molecular formula is C30H32Cl2F2N2OS. The van der Waals surface area contributed by atoms with Gasteiger partial charge in [-0.1, -0.05) is 69.1 Å². The first-order valence-electron chi connectivity index (χ1n) is 12.5. The zero-order valence-electron chi connectivity index (χ0n) is 22.0. The minimum absolute atomic E-state index is 0.0486. The fourth-order valence-electron chi connectivity index (χ4n) is 5.60. The van der Waals surface area contributed by atoms with Crippen LogP contribution in [0.1, 0.15) is 51.2 Å². The number of thioether (sulfide) groups is 1. The van der Waals surface area contributed by atoms with Crippen molar-refractivity contribution < 1.29 is 13.6 Å². The highest BCUT2D eigenvalue weighted by molar-refractivity contribution is 7.98. The molecule has 1 aliphatic heterocycles. The van der Waals surface area contributed by atoms with Gasteiger partial charge >= 0.3 is 0 Å². The molecule has 1 heterocycles. The van der Waals surface area contributed by atoms with E-state index < -0.39 is 29.0 Å². The van der Waals surface area contributed by atoms with Gasteiger partial charge in [0, 0.05) is 33.0 Å². The Morgan fingerprint density at radius 1 is 1.08 bits per heavy atom. The first-order chi connectivity index (χ1) is 17.8. The summed E-state index contributed by atoms with van der Waals surface area (Å²) in [7, 11) is 0. The Hall–Kier alpha value is -2.12. The Morgan fingerprint density at radius 2 is 1.76 bits per heavy atom. The van der Waals surface area contributed by atoms with Crippen molar-refractivity contribution in [3.63, 3.8) is 0 Å². The first-order valence-corrected chi connectivity index (χ1v) is 14.4. The lowest BCUT2D eigenvalue weighted by molar-refractivity contribution is -0.118. The third-order valence-corrected chi connectivity index (χ3v) is 8.64. The van der Waals surface area contributed by atoms with Crippen molar-refractivity contribution in [2.75, 3.05) is 11.6 Å². The summed E-state index contributed by atoms with van der Waals surface area (Å²) >= 11 is 13.9. The molecule has 1 saturated heterocycles. The van der Waals surface area contributed by atoms with Crippen LogP contribution in [-0.4, -0.2) is 24.2 Å². The van der Waals surface area contributed by atoms with Crippen LogP contribution in [0.4, 0.5) is 14.5 Å². The van der Waals surface area contributed by atoms with Crippen LogP contribution in [0.2, 0.25) is 10.0 Å². The van der Waals surface area contributed by atoms with Crippen LogP contribution in [0.3, 0.4) is 0 Å². The molecule has 1 fully saturated rings. The third kappa shape index (κ3) is 5.74. The van der Waals surface area contributed by atoms with Crippen LogP contribution in [-0.2, 0) is 10.2 Å². The average molecular weight is 578 g/mol. The number of carbonyl (C=O) groups excluding carboxylic acids is 1. The van der Waals surface area contributed by atoms with Gasteiger partial charge in [-0.15, -0.1) is 11.8 Å². The van der Waals surface area contributed by atoms with E-state index in [2.05, 4.69) is 31.4 Å². The van der Waals surface area contributed by atoms with Gasteiger partial charge in [-0.2, -0.15) is 0 Å². The number of hydrogen-bond acceptors (Lipinski definition) is 3. The Labute approximate surface area is 237 Å². The molecule has 0 radical (unpaired) electrons. The molecular weight excluding hydrogens is 545 g/mol. The minimum Gasteiger partial charge on any atom is -0.325 e. The molecule has 0 aliphatic carbocycles. The van der Waals surface area contributed by atoms with Crippen molar-refractivity contribution in [2.45, 2.75) is 62.4 Å². The van der Waals surface area contributed by atoms with E-state index >= 15 is 8.78 Å². The molecule has 3 nitrogen and oxygen atoms in total. The fourth-order valence-corrected chi connectivity index (χ4v) is 6.35. The number of rotatable bonds is 6. The average Bonchev–Trinajstić information content (AvgIpc) is 3.12. The third-order valence-electron chi connectivity index (χ3n) is 7.37. The van der Waals surface area contributed by atoms with Gasteiger partial charge in [0.1, 0.15) is 11.6 Å². The molecule has 4 atom stereocenters. The molecule has 8 heteroatoms. The fraction of sp³-hybridized carbons (Fsp3) is 0.367. The second-order valence-corrected chi connectivity index (χ2v) is 12.9. The van der Waals surface area contributed by atoms with Crippen LogP contribution in [0.25, 0.3) is 0 Å². The summed E-state index contributed by atoms with van der Waals surface area (Å²) in [5, 5.41) is 6.69. The van der Waals surface area contributed by atoms with Crippen molar-refractivity contribution in [3.05, 3.63) is 93.5 Å². The summed E-state index contributed by atoms with van der Waals surface area (Å²) < 4.78 is 31.3. The van der Waals surface area contributed by atoms with E-state index in [1.54, 1.807) is 36.0 Å². The van der Waals surface area contributed by atoms with Gasteiger partial charge in [0.15, 0.2) is 0 Å². The lowest BCUT2D eigenvalue weighted by Gasteiger charge is -2.40. The van der Waals surface area contributed by atoms with Gasteiger partial charge < -0.3 is 10.6 Å². The highest BCUT2D eigenvalue weighted by atomic mass is 35.5. The summed E-state index contributed by atoms with van der Waals surface area (Å²) in [6, 6.07) is 15.6. The highest BCUT2D eigenvalue weighted by Gasteiger charge is 2.57. The van der Waals surface area contributed by atoms with Gasteiger partial charge in [0.25, 0.3) is 0 Å². The molecule has 0 aromatic heterocycles. The maximum absolute atomic E-state index is 15.7. The summed E-state index contributed by atoms with van der Waals surface area (Å²) in [5.74, 6) is -2.21. The zero-order valence-corrected chi connectivity index (χ0v) is 24.4. The number of carbonyl (C=O) groups is 1. The molecule has 4 rings (SSSR count). The predicted molar refractivity (Wildman–Crippen MR) is 155 cm³/mol. The molecule has 2 N–H and O–H groups in total. The zero-order chi connectivity index (χ0) is 27.8. The van der Waals surface area contributed by atoms with E-state index in [1.807, 2.05) is 37.4 Å². The second kappa shape index (κ2) is 11.2. The summed E-state index contributed by atoms with van der Waals surface area (Å²) in [5.41, 5.74) is 0.0681. The smallest absolute Gasteiger partial charge is 0.242 e. The van der Waals surface area contributed by atoms with Gasteiger partial charge in [-0.25, -0.2) is 8.78 Å². The normalized spacial score (nSPS) is 23.4. The quantitative estimate of drug-likeness (QED) is 0.289. The van der Waals surface area contributed by atoms with Gasteiger partial charge in [0.2, 0.25) is 5.91 Å². The van der Waals surface area contributed by atoms with Gasteiger partial charge in [-0.3, -0.25) is 4.79 Å². The standard InChI is InChI=1S/C30H32Cl2F2N2OS/c1-29(2,3)16-24-30(4,21-14-9-17(31)15-23(21)33)25(20-7-6-8-22(32)26(20)34)27(36-24)28(37)35-18-10-12-19(38-5)13-11-18/h6-15,24-25,27,36H,16H2,1-5H3,(H,35,37). The van der Waals surface area contributed by atoms with Crippen LogP contribution < -0.4 is 10.6 Å². The molecule has 3 aromatic carbocycles. The summed E-state index contributed by atoms with van der Waals surface area (Å²) in [4.78, 5) is 14.9. The number of anilines is 1. The molecule has 3 aromatic rings. The lowest BCUT2D eigenvalue weighted by atomic mass is 9.63. The largest absolute Gasteiger partial charge is 0.325 e. The topological polar surface area (TPSA) is 41.1 Å². The SMILES string of the molecule is CSc1ccc(NC(=O)C2NC(CC(C)(C)C)C(C)(c3ccc(Cl)cc3F)C2c2cccc(Cl)c2F)cc1. The molecule has 1 amide bonds. The van der Waals surface area contributed by atoms with E-state index in [0.717, 1.165) is 4.90 Å². The molecule has 202 valence electrons. The van der Waals surface area contributed by atoms with Gasteiger partial charge in [0.05, 0.1) is 11.1 Å². The monoisotopic (exact) mass is 576 g/mol. The van der Waals surface area contributed by atoms with Gasteiger partial charge in [-0.05, 0) is 71.7 Å². The molecule has 1 aliphatic rings. The Balaban J connectivity index is 1.88. The van der Waals surface area contributed by atoms with E-state index in [0.29, 0.717) is 17.7 Å². The van der Waals surface area contributed by atoms with E-state index in [9.17, 15) is 4.79 Å². The Bertz CT molecular complexity index is 1330. The Morgan fingerprint density at radius 3 is 2.37 bits per heavy atom. The van der Waals surface area contributed by atoms with Crippen LogP contribution in [0, 0.1) is 17.0 Å². The maximum Gasteiger partial charge on any atom is 0.242 e. The molecule has 4 unspecified atom stereocenters.